The first kappa shape index (κ1) is 16.4. The van der Waals surface area contributed by atoms with Crippen LogP contribution in [0.3, 0.4) is 0 Å². The largest absolute Gasteiger partial charge is 0.456 e. The second kappa shape index (κ2) is 7.35. The Bertz CT molecular complexity index is 662. The molecule has 4 nitrogen and oxygen atoms in total. The number of fused-ring (bicyclic) bond motifs is 1. The third-order valence-electron chi connectivity index (χ3n) is 2.98. The first-order valence-corrected chi connectivity index (χ1v) is 7.75. The van der Waals surface area contributed by atoms with Gasteiger partial charge in [-0.15, -0.1) is 0 Å². The van der Waals surface area contributed by atoms with Crippen molar-refractivity contribution in [2.24, 2.45) is 0 Å². The van der Waals surface area contributed by atoms with Gasteiger partial charge >= 0.3 is 0 Å². The normalized spacial score (nSPS) is 12.9. The number of pyridine rings is 1. The first-order chi connectivity index (χ1) is 10.6. The van der Waals surface area contributed by atoms with Gasteiger partial charge in [0, 0.05) is 17.2 Å². The molecule has 0 saturated carbocycles. The molecule has 116 valence electrons. The molecule has 0 spiro atoms. The van der Waals surface area contributed by atoms with Gasteiger partial charge < -0.3 is 9.64 Å². The first-order valence-electron chi connectivity index (χ1n) is 6.95. The van der Waals surface area contributed by atoms with E-state index in [1.54, 1.807) is 29.3 Å². The number of hydrogen-bond acceptors (Lipinski definition) is 3. The molecule has 0 radical (unpaired) electrons. The summed E-state index contributed by atoms with van der Waals surface area (Å²) in [6.07, 6.45) is 1.59. The summed E-state index contributed by atoms with van der Waals surface area (Å²) >= 11 is 3.28. The van der Waals surface area contributed by atoms with E-state index in [-0.39, 0.29) is 18.5 Å². The fraction of sp³-hybridized carbons (Fsp3) is 0.250. The van der Waals surface area contributed by atoms with Crippen LogP contribution in [-0.4, -0.2) is 22.5 Å². The Hall–Kier alpha value is -1.95. The zero-order valence-corrected chi connectivity index (χ0v) is 13.9. The molecule has 1 aliphatic heterocycles. The Balaban J connectivity index is 0.000000847. The predicted octanol–water partition coefficient (Wildman–Crippen LogP) is 4.00. The van der Waals surface area contributed by atoms with E-state index in [4.69, 9.17) is 4.74 Å². The lowest BCUT2D eigenvalue weighted by Gasteiger charge is -2.28. The van der Waals surface area contributed by atoms with Crippen LogP contribution in [0.15, 0.2) is 41.0 Å². The molecule has 1 amide bonds. The van der Waals surface area contributed by atoms with Gasteiger partial charge in [-0.25, -0.2) is 9.37 Å². The summed E-state index contributed by atoms with van der Waals surface area (Å²) in [4.78, 5) is 18.0. The lowest BCUT2D eigenvalue weighted by Crippen LogP contribution is -2.38. The number of ether oxygens (including phenoxy) is 1. The molecule has 6 heteroatoms. The van der Waals surface area contributed by atoms with Crippen LogP contribution >= 0.6 is 15.9 Å². The maximum atomic E-state index is 12.9. The molecule has 0 fully saturated rings. The summed E-state index contributed by atoms with van der Waals surface area (Å²) in [5, 5.41) is 0. The Morgan fingerprint density at radius 2 is 2.00 bits per heavy atom. The number of halogens is 2. The van der Waals surface area contributed by atoms with Crippen molar-refractivity contribution in [2.75, 3.05) is 6.73 Å². The molecule has 0 atom stereocenters. The third kappa shape index (κ3) is 3.62. The van der Waals surface area contributed by atoms with Crippen LogP contribution in [0.2, 0.25) is 0 Å². The van der Waals surface area contributed by atoms with Crippen molar-refractivity contribution in [3.63, 3.8) is 0 Å². The topological polar surface area (TPSA) is 42.4 Å². The van der Waals surface area contributed by atoms with Crippen molar-refractivity contribution >= 4 is 21.8 Å². The minimum Gasteiger partial charge on any atom is -0.456 e. The SMILES string of the molecule is CC.O=C1c2cc(Br)cnc2OCN1Cc1ccc(F)cc1. The molecule has 1 aromatic carbocycles. The Kier molecular flexibility index (Phi) is 5.49. The van der Waals surface area contributed by atoms with Gasteiger partial charge in [-0.3, -0.25) is 4.79 Å². The van der Waals surface area contributed by atoms with Gasteiger partial charge in [-0.2, -0.15) is 0 Å². The second-order valence-electron chi connectivity index (χ2n) is 4.41. The highest BCUT2D eigenvalue weighted by molar-refractivity contribution is 9.10. The van der Waals surface area contributed by atoms with Crippen molar-refractivity contribution in [1.82, 2.24) is 9.88 Å². The molecule has 1 aliphatic rings. The van der Waals surface area contributed by atoms with Crippen molar-refractivity contribution in [1.29, 1.82) is 0 Å². The number of aromatic nitrogens is 1. The van der Waals surface area contributed by atoms with Crippen LogP contribution in [0.4, 0.5) is 4.39 Å². The summed E-state index contributed by atoms with van der Waals surface area (Å²) in [5.74, 6) is -0.105. The molecule has 3 rings (SSSR count). The van der Waals surface area contributed by atoms with Crippen LogP contribution < -0.4 is 4.74 Å². The highest BCUT2D eigenvalue weighted by Crippen LogP contribution is 2.26. The Morgan fingerprint density at radius 3 is 2.68 bits per heavy atom. The van der Waals surface area contributed by atoms with Crippen molar-refractivity contribution < 1.29 is 13.9 Å². The van der Waals surface area contributed by atoms with Gasteiger partial charge in [-0.1, -0.05) is 26.0 Å². The monoisotopic (exact) mass is 366 g/mol. The molecule has 22 heavy (non-hydrogen) atoms. The van der Waals surface area contributed by atoms with E-state index in [2.05, 4.69) is 20.9 Å². The Morgan fingerprint density at radius 1 is 1.32 bits per heavy atom. The number of nitrogens with zero attached hydrogens (tertiary/aromatic N) is 2. The van der Waals surface area contributed by atoms with E-state index in [0.29, 0.717) is 18.0 Å². The minimum absolute atomic E-state index is 0.137. The maximum absolute atomic E-state index is 12.9. The average Bonchev–Trinajstić information content (AvgIpc) is 2.54. The summed E-state index contributed by atoms with van der Waals surface area (Å²) in [6.45, 7) is 4.50. The van der Waals surface area contributed by atoms with Crippen LogP contribution in [0.25, 0.3) is 0 Å². The van der Waals surface area contributed by atoms with Gasteiger partial charge in [-0.05, 0) is 39.7 Å². The highest BCUT2D eigenvalue weighted by atomic mass is 79.9. The zero-order valence-electron chi connectivity index (χ0n) is 12.3. The Labute approximate surface area is 137 Å². The lowest BCUT2D eigenvalue weighted by molar-refractivity contribution is 0.0484. The van der Waals surface area contributed by atoms with E-state index in [0.717, 1.165) is 10.0 Å². The molecule has 0 unspecified atom stereocenters. The van der Waals surface area contributed by atoms with E-state index in [1.165, 1.54) is 12.1 Å². The standard InChI is InChI=1S/C14H10BrFN2O2.C2H6/c15-10-5-12-13(17-6-10)20-8-18(14(12)19)7-9-1-3-11(16)4-2-9;1-2/h1-6H,7-8H2;1-2H3. The van der Waals surface area contributed by atoms with Crippen LogP contribution in [0.5, 0.6) is 5.88 Å². The van der Waals surface area contributed by atoms with E-state index in [9.17, 15) is 9.18 Å². The molecule has 1 aromatic heterocycles. The number of amides is 1. The number of hydrogen-bond donors (Lipinski definition) is 0. The quantitative estimate of drug-likeness (QED) is 0.806. The van der Waals surface area contributed by atoms with Crippen molar-refractivity contribution in [3.05, 3.63) is 57.9 Å². The van der Waals surface area contributed by atoms with E-state index >= 15 is 0 Å². The number of carbonyl (C=O) groups is 1. The smallest absolute Gasteiger partial charge is 0.262 e. The predicted molar refractivity (Wildman–Crippen MR) is 85.1 cm³/mol. The summed E-state index contributed by atoms with van der Waals surface area (Å²) in [5.41, 5.74) is 1.27. The molecule has 0 saturated heterocycles. The van der Waals surface area contributed by atoms with Gasteiger partial charge in [0.2, 0.25) is 5.88 Å². The fourth-order valence-corrected chi connectivity index (χ4v) is 2.32. The molecular formula is C16H16BrFN2O2. The van der Waals surface area contributed by atoms with Crippen LogP contribution in [-0.2, 0) is 6.54 Å². The van der Waals surface area contributed by atoms with Crippen molar-refractivity contribution in [3.8, 4) is 5.88 Å². The molecule has 2 heterocycles. The maximum Gasteiger partial charge on any atom is 0.262 e. The fourth-order valence-electron chi connectivity index (χ4n) is 1.99. The molecule has 0 bridgehead atoms. The number of rotatable bonds is 2. The molecule has 0 N–H and O–H groups in total. The third-order valence-corrected chi connectivity index (χ3v) is 3.41. The average molecular weight is 367 g/mol. The number of benzene rings is 1. The van der Waals surface area contributed by atoms with Gasteiger partial charge in [0.1, 0.15) is 11.4 Å². The van der Waals surface area contributed by atoms with Crippen molar-refractivity contribution in [2.45, 2.75) is 20.4 Å². The van der Waals surface area contributed by atoms with Crippen LogP contribution in [0.1, 0.15) is 29.8 Å². The van der Waals surface area contributed by atoms with Gasteiger partial charge in [0.05, 0.1) is 0 Å². The lowest BCUT2D eigenvalue weighted by atomic mass is 10.1. The second-order valence-corrected chi connectivity index (χ2v) is 5.32. The molecular weight excluding hydrogens is 351 g/mol. The minimum atomic E-state index is -0.298. The summed E-state index contributed by atoms with van der Waals surface area (Å²) in [7, 11) is 0. The highest BCUT2D eigenvalue weighted by Gasteiger charge is 2.26. The van der Waals surface area contributed by atoms with E-state index in [1.807, 2.05) is 13.8 Å². The van der Waals surface area contributed by atoms with Crippen LogP contribution in [0, 0.1) is 5.82 Å². The number of carbonyl (C=O) groups excluding carboxylic acids is 1. The van der Waals surface area contributed by atoms with E-state index < -0.39 is 0 Å². The molecule has 0 aliphatic carbocycles. The zero-order chi connectivity index (χ0) is 16.1. The summed E-state index contributed by atoms with van der Waals surface area (Å²) in [6, 6.07) is 7.73. The molecule has 2 aromatic rings. The van der Waals surface area contributed by atoms with Gasteiger partial charge in [0.15, 0.2) is 6.73 Å². The summed E-state index contributed by atoms with van der Waals surface area (Å²) < 4.78 is 19.0. The van der Waals surface area contributed by atoms with Gasteiger partial charge in [0.25, 0.3) is 5.91 Å².